The summed E-state index contributed by atoms with van der Waals surface area (Å²) in [6.07, 6.45) is 4.70. The Morgan fingerprint density at radius 3 is 2.35 bits per heavy atom. The molecule has 2 aliphatic rings. The number of piperidine rings is 1. The average Bonchev–Trinajstić information content (AvgIpc) is 3.34. The van der Waals surface area contributed by atoms with Crippen molar-refractivity contribution in [2.24, 2.45) is 23.3 Å². The molecule has 1 unspecified atom stereocenters. The van der Waals surface area contributed by atoms with Gasteiger partial charge >= 0.3 is 0 Å². The summed E-state index contributed by atoms with van der Waals surface area (Å²) in [5.41, 5.74) is 12.6. The van der Waals surface area contributed by atoms with Gasteiger partial charge in [0.1, 0.15) is 5.76 Å². The van der Waals surface area contributed by atoms with Gasteiger partial charge in [-0.25, -0.2) is 0 Å². The fourth-order valence-corrected chi connectivity index (χ4v) is 3.52. The summed E-state index contributed by atoms with van der Waals surface area (Å²) in [6.45, 7) is 5.34. The normalized spacial score (nSPS) is 19.3. The lowest BCUT2D eigenvalue weighted by atomic mass is 9.88. The summed E-state index contributed by atoms with van der Waals surface area (Å²) >= 11 is 0. The summed E-state index contributed by atoms with van der Waals surface area (Å²) in [7, 11) is 0. The smallest absolute Gasteiger partial charge is 0.271 e. The van der Waals surface area contributed by atoms with E-state index in [1.54, 1.807) is 0 Å². The molecule has 146 valence electrons. The van der Waals surface area contributed by atoms with Crippen molar-refractivity contribution >= 4 is 24.2 Å². The Labute approximate surface area is 160 Å². The molecule has 1 aromatic rings. The Hall–Kier alpha value is -1.60. The summed E-state index contributed by atoms with van der Waals surface area (Å²) < 4.78 is 5.41. The highest BCUT2D eigenvalue weighted by Crippen LogP contribution is 2.43. The van der Waals surface area contributed by atoms with Crippen LogP contribution in [0, 0.1) is 11.8 Å². The molecule has 1 atom stereocenters. The van der Waals surface area contributed by atoms with Crippen molar-refractivity contribution in [2.45, 2.75) is 57.9 Å². The molecule has 0 bridgehead atoms. The van der Waals surface area contributed by atoms with Crippen LogP contribution in [0.5, 0.6) is 0 Å². The molecule has 1 aliphatic heterocycles. The SMILES string of the molecule is CC(C)C(N)C(=O)N1CCC(Cc2c(C(N)=O)noc2C2CC2)CC1.Cl. The van der Waals surface area contributed by atoms with E-state index < -0.39 is 11.9 Å². The van der Waals surface area contributed by atoms with E-state index in [1.165, 1.54) is 0 Å². The highest BCUT2D eigenvalue weighted by molar-refractivity contribution is 5.92. The van der Waals surface area contributed by atoms with Crippen LogP contribution in [0.2, 0.25) is 0 Å². The van der Waals surface area contributed by atoms with Gasteiger partial charge in [0, 0.05) is 24.6 Å². The molecule has 0 spiro atoms. The van der Waals surface area contributed by atoms with Crippen LogP contribution in [0.4, 0.5) is 0 Å². The van der Waals surface area contributed by atoms with Gasteiger partial charge in [0.2, 0.25) is 5.91 Å². The lowest BCUT2D eigenvalue weighted by Gasteiger charge is -2.34. The van der Waals surface area contributed by atoms with Gasteiger partial charge in [0.05, 0.1) is 6.04 Å². The number of hydrogen-bond acceptors (Lipinski definition) is 5. The Bertz CT molecular complexity index is 649. The number of amides is 2. The van der Waals surface area contributed by atoms with Crippen LogP contribution >= 0.6 is 12.4 Å². The largest absolute Gasteiger partial charge is 0.364 e. The third-order valence-corrected chi connectivity index (χ3v) is 5.42. The van der Waals surface area contributed by atoms with Gasteiger partial charge < -0.3 is 20.9 Å². The van der Waals surface area contributed by atoms with Crippen molar-refractivity contribution < 1.29 is 14.1 Å². The van der Waals surface area contributed by atoms with Gasteiger partial charge in [0.15, 0.2) is 5.69 Å². The van der Waals surface area contributed by atoms with E-state index in [1.807, 2.05) is 18.7 Å². The molecule has 0 radical (unpaired) electrons. The minimum Gasteiger partial charge on any atom is -0.364 e. The highest BCUT2D eigenvalue weighted by atomic mass is 35.5. The topological polar surface area (TPSA) is 115 Å². The molecule has 2 fully saturated rings. The van der Waals surface area contributed by atoms with Crippen molar-refractivity contribution in [3.05, 3.63) is 17.0 Å². The third kappa shape index (κ3) is 4.38. The van der Waals surface area contributed by atoms with E-state index in [-0.39, 0.29) is 29.9 Å². The van der Waals surface area contributed by atoms with E-state index >= 15 is 0 Å². The molecule has 26 heavy (non-hydrogen) atoms. The van der Waals surface area contributed by atoms with E-state index in [2.05, 4.69) is 5.16 Å². The number of carbonyl (C=O) groups is 2. The van der Waals surface area contributed by atoms with Crippen molar-refractivity contribution in [2.75, 3.05) is 13.1 Å². The number of hydrogen-bond donors (Lipinski definition) is 2. The van der Waals surface area contributed by atoms with Crippen LogP contribution in [-0.2, 0) is 11.2 Å². The number of primary amides is 1. The minimum atomic E-state index is -0.527. The molecule has 1 aliphatic carbocycles. The summed E-state index contributed by atoms with van der Waals surface area (Å²) in [6, 6.07) is -0.433. The molecule has 2 amide bonds. The van der Waals surface area contributed by atoms with Gasteiger partial charge in [-0.1, -0.05) is 19.0 Å². The van der Waals surface area contributed by atoms with E-state index in [9.17, 15) is 9.59 Å². The first-order chi connectivity index (χ1) is 11.9. The molecule has 3 rings (SSSR count). The monoisotopic (exact) mass is 384 g/mol. The number of halogens is 1. The van der Waals surface area contributed by atoms with Gasteiger partial charge in [0.25, 0.3) is 5.91 Å². The van der Waals surface area contributed by atoms with E-state index in [0.29, 0.717) is 24.9 Å². The van der Waals surface area contributed by atoms with Crippen molar-refractivity contribution in [3.8, 4) is 0 Å². The zero-order chi connectivity index (χ0) is 18.1. The fraction of sp³-hybridized carbons (Fsp3) is 0.722. The molecule has 8 heteroatoms. The van der Waals surface area contributed by atoms with Crippen LogP contribution in [0.1, 0.15) is 67.3 Å². The quantitative estimate of drug-likeness (QED) is 0.776. The predicted molar refractivity (Wildman–Crippen MR) is 100 cm³/mol. The maximum Gasteiger partial charge on any atom is 0.271 e. The number of rotatable bonds is 6. The first-order valence-corrected chi connectivity index (χ1v) is 9.21. The van der Waals surface area contributed by atoms with E-state index in [4.69, 9.17) is 16.0 Å². The fourth-order valence-electron chi connectivity index (χ4n) is 3.52. The van der Waals surface area contributed by atoms with Gasteiger partial charge in [-0.15, -0.1) is 12.4 Å². The molecular weight excluding hydrogens is 356 g/mol. The standard InChI is InChI=1S/C18H28N4O3.ClH/c1-10(2)14(19)18(24)22-7-5-11(6-8-22)9-13-15(17(20)23)21-25-16(13)12-3-4-12;/h10-12,14H,3-9,19H2,1-2H3,(H2,20,23);1H. The van der Waals surface area contributed by atoms with Crippen molar-refractivity contribution in [1.29, 1.82) is 0 Å². The highest BCUT2D eigenvalue weighted by Gasteiger charge is 2.35. The average molecular weight is 385 g/mol. The molecule has 1 aromatic heterocycles. The summed E-state index contributed by atoms with van der Waals surface area (Å²) in [4.78, 5) is 25.9. The summed E-state index contributed by atoms with van der Waals surface area (Å²) in [5.74, 6) is 1.28. The van der Waals surface area contributed by atoms with E-state index in [0.717, 1.165) is 43.4 Å². The zero-order valence-corrected chi connectivity index (χ0v) is 16.3. The first kappa shape index (κ1) is 20.7. The Kier molecular flexibility index (Phi) is 6.69. The molecule has 1 saturated carbocycles. The molecule has 1 saturated heterocycles. The summed E-state index contributed by atoms with van der Waals surface area (Å²) in [5, 5.41) is 3.90. The van der Waals surface area contributed by atoms with Crippen LogP contribution in [0.15, 0.2) is 4.52 Å². The lowest BCUT2D eigenvalue weighted by Crippen LogP contribution is -2.49. The molecule has 0 aromatic carbocycles. The maximum absolute atomic E-state index is 12.4. The molecular formula is C18H29ClN4O3. The Balaban J connectivity index is 0.00000243. The van der Waals surface area contributed by atoms with Crippen molar-refractivity contribution in [1.82, 2.24) is 10.1 Å². The number of nitrogens with two attached hydrogens (primary N) is 2. The number of aromatic nitrogens is 1. The molecule has 2 heterocycles. The Morgan fingerprint density at radius 1 is 1.23 bits per heavy atom. The number of likely N-dealkylation sites (tertiary alicyclic amines) is 1. The third-order valence-electron chi connectivity index (χ3n) is 5.42. The van der Waals surface area contributed by atoms with Gasteiger partial charge in [-0.3, -0.25) is 9.59 Å². The Morgan fingerprint density at radius 2 is 1.85 bits per heavy atom. The zero-order valence-electron chi connectivity index (χ0n) is 15.4. The van der Waals surface area contributed by atoms with Gasteiger partial charge in [-0.2, -0.15) is 0 Å². The lowest BCUT2D eigenvalue weighted by molar-refractivity contribution is -0.134. The van der Waals surface area contributed by atoms with Crippen LogP contribution in [0.25, 0.3) is 0 Å². The molecule has 4 N–H and O–H groups in total. The second-order valence-electron chi connectivity index (χ2n) is 7.76. The first-order valence-electron chi connectivity index (χ1n) is 9.21. The molecule has 7 nitrogen and oxygen atoms in total. The van der Waals surface area contributed by atoms with Crippen molar-refractivity contribution in [3.63, 3.8) is 0 Å². The predicted octanol–water partition coefficient (Wildman–Crippen LogP) is 1.84. The number of carbonyl (C=O) groups excluding carboxylic acids is 2. The van der Waals surface area contributed by atoms with Crippen LogP contribution < -0.4 is 11.5 Å². The minimum absolute atomic E-state index is 0. The maximum atomic E-state index is 12.4. The second-order valence-corrected chi connectivity index (χ2v) is 7.76. The van der Waals surface area contributed by atoms with Crippen LogP contribution in [0.3, 0.4) is 0 Å². The van der Waals surface area contributed by atoms with Gasteiger partial charge in [-0.05, 0) is 43.9 Å². The number of nitrogens with zero attached hydrogens (tertiary/aromatic N) is 2. The van der Waals surface area contributed by atoms with Crippen LogP contribution in [-0.4, -0.2) is 41.0 Å². The second kappa shape index (κ2) is 8.39.